The zero-order chi connectivity index (χ0) is 33.2. The molecule has 46 heavy (non-hydrogen) atoms. The van der Waals surface area contributed by atoms with Crippen LogP contribution in [0.25, 0.3) is 10.9 Å². The minimum absolute atomic E-state index is 0.0499. The van der Waals surface area contributed by atoms with Crippen LogP contribution in [0.1, 0.15) is 62.7 Å². The molecule has 13 heteroatoms. The summed E-state index contributed by atoms with van der Waals surface area (Å²) in [5, 5.41) is 17.0. The second-order valence-corrected chi connectivity index (χ2v) is 12.1. The Bertz CT molecular complexity index is 1360. The number of carboxylic acid groups (broad SMARTS) is 1. The van der Waals surface area contributed by atoms with Gasteiger partial charge in [0.05, 0.1) is 39.4 Å². The number of nitrogens with one attached hydrogen (secondary N) is 1. The number of benzene rings is 1. The predicted molar refractivity (Wildman–Crippen MR) is 173 cm³/mol. The summed E-state index contributed by atoms with van der Waals surface area (Å²) in [6.07, 6.45) is 1.88. The van der Waals surface area contributed by atoms with Gasteiger partial charge in [-0.25, -0.2) is 10.0 Å². The summed E-state index contributed by atoms with van der Waals surface area (Å²) >= 11 is 0. The zero-order valence-corrected chi connectivity index (χ0v) is 27.7. The first-order valence-electron chi connectivity index (χ1n) is 16.3. The van der Waals surface area contributed by atoms with E-state index in [1.54, 1.807) is 11.9 Å². The van der Waals surface area contributed by atoms with Crippen LogP contribution in [0.4, 0.5) is 0 Å². The molecule has 0 radical (unpaired) electrons. The molecule has 0 saturated carbocycles. The van der Waals surface area contributed by atoms with Crippen LogP contribution in [0.2, 0.25) is 0 Å². The Morgan fingerprint density at radius 1 is 0.957 bits per heavy atom. The van der Waals surface area contributed by atoms with Gasteiger partial charge in [-0.05, 0) is 25.8 Å². The van der Waals surface area contributed by atoms with Gasteiger partial charge >= 0.3 is 5.97 Å². The Labute approximate surface area is 271 Å². The van der Waals surface area contributed by atoms with Crippen LogP contribution < -0.4 is 5.32 Å². The van der Waals surface area contributed by atoms with Crippen molar-refractivity contribution in [3.63, 3.8) is 0 Å². The van der Waals surface area contributed by atoms with Crippen LogP contribution >= 0.6 is 0 Å². The summed E-state index contributed by atoms with van der Waals surface area (Å²) in [5.41, 5.74) is 3.76. The number of hydrogen-bond donors (Lipinski definition) is 2. The molecule has 1 unspecified atom stereocenters. The molecule has 2 aliphatic heterocycles. The third-order valence-electron chi connectivity index (χ3n) is 9.30. The maximum absolute atomic E-state index is 13.5. The smallest absolute Gasteiger partial charge is 0.305 e. The van der Waals surface area contributed by atoms with Crippen molar-refractivity contribution < 1.29 is 33.8 Å². The van der Waals surface area contributed by atoms with Crippen molar-refractivity contribution in [2.75, 3.05) is 67.2 Å². The average Bonchev–Trinajstić information content (AvgIpc) is 3.36. The standard InChI is InChI=1S/C33H50N6O7/c1-24-33-26-7-5-6-8-27(26)39(28(33)23-35(3)36(24)4)17-13-30(41)37-15-11-25(12-16-37)38(31(42)10-9-29(40)34-2)18-20-46-22-21-45-19-14-32(43)44/h5-8,24-25H,9-23H2,1-4H3,(H,34,40)(H,43,44). The molecule has 3 amide bonds. The van der Waals surface area contributed by atoms with Gasteiger partial charge in [0.2, 0.25) is 17.7 Å². The van der Waals surface area contributed by atoms with Gasteiger partial charge in [0.1, 0.15) is 0 Å². The molecule has 4 rings (SSSR count). The van der Waals surface area contributed by atoms with E-state index in [9.17, 15) is 19.2 Å². The van der Waals surface area contributed by atoms with Gasteiger partial charge < -0.3 is 34.3 Å². The monoisotopic (exact) mass is 642 g/mol. The van der Waals surface area contributed by atoms with E-state index in [1.807, 2.05) is 4.90 Å². The van der Waals surface area contributed by atoms with E-state index in [1.165, 1.54) is 16.6 Å². The quantitative estimate of drug-likeness (QED) is 0.264. The number of likely N-dealkylation sites (tertiary alicyclic amines) is 1. The molecular formula is C33H50N6O7. The lowest BCUT2D eigenvalue weighted by molar-refractivity contribution is -0.139. The Balaban J connectivity index is 1.32. The molecule has 13 nitrogen and oxygen atoms in total. The van der Waals surface area contributed by atoms with Crippen molar-refractivity contribution in [1.29, 1.82) is 0 Å². The molecule has 1 fully saturated rings. The van der Waals surface area contributed by atoms with Crippen LogP contribution in [0.15, 0.2) is 24.3 Å². The van der Waals surface area contributed by atoms with Gasteiger partial charge in [0.25, 0.3) is 0 Å². The fraction of sp³-hybridized carbons (Fsp3) is 0.636. The van der Waals surface area contributed by atoms with Crippen LogP contribution in [-0.2, 0) is 41.7 Å². The molecule has 2 aliphatic rings. The second-order valence-electron chi connectivity index (χ2n) is 12.1. The Kier molecular flexibility index (Phi) is 13.0. The molecule has 254 valence electrons. The third-order valence-corrected chi connectivity index (χ3v) is 9.30. The minimum Gasteiger partial charge on any atom is -0.481 e. The van der Waals surface area contributed by atoms with Gasteiger partial charge in [-0.15, -0.1) is 0 Å². The van der Waals surface area contributed by atoms with E-state index < -0.39 is 5.97 Å². The molecule has 1 atom stereocenters. The maximum Gasteiger partial charge on any atom is 0.305 e. The summed E-state index contributed by atoms with van der Waals surface area (Å²) < 4.78 is 13.2. The van der Waals surface area contributed by atoms with Crippen LogP contribution in [0.3, 0.4) is 0 Å². The van der Waals surface area contributed by atoms with E-state index in [-0.39, 0.29) is 62.3 Å². The third kappa shape index (κ3) is 8.84. The molecule has 0 aliphatic carbocycles. The highest BCUT2D eigenvalue weighted by molar-refractivity contribution is 5.87. The summed E-state index contributed by atoms with van der Waals surface area (Å²) in [4.78, 5) is 52.8. The van der Waals surface area contributed by atoms with Crippen molar-refractivity contribution in [2.45, 2.75) is 70.6 Å². The van der Waals surface area contributed by atoms with Crippen LogP contribution in [-0.4, -0.2) is 126 Å². The molecule has 3 heterocycles. The van der Waals surface area contributed by atoms with Gasteiger partial charge in [0, 0.05) is 101 Å². The van der Waals surface area contributed by atoms with Crippen LogP contribution in [0, 0.1) is 0 Å². The molecule has 0 spiro atoms. The first-order valence-corrected chi connectivity index (χ1v) is 16.3. The number of aliphatic carboxylic acids is 1. The molecule has 1 saturated heterocycles. The van der Waals surface area contributed by atoms with Gasteiger partial charge in [0.15, 0.2) is 0 Å². The van der Waals surface area contributed by atoms with Gasteiger partial charge in [-0.3, -0.25) is 19.2 Å². The lowest BCUT2D eigenvalue weighted by Crippen LogP contribution is -2.50. The number of carboxylic acids is 1. The van der Waals surface area contributed by atoms with Gasteiger partial charge in [-0.2, -0.15) is 0 Å². The van der Waals surface area contributed by atoms with Gasteiger partial charge in [-0.1, -0.05) is 18.2 Å². The van der Waals surface area contributed by atoms with Crippen molar-refractivity contribution in [3.8, 4) is 0 Å². The number of aryl methyl sites for hydroxylation is 1. The fourth-order valence-electron chi connectivity index (χ4n) is 6.52. The second kappa shape index (κ2) is 16.9. The fourth-order valence-corrected chi connectivity index (χ4v) is 6.52. The predicted octanol–water partition coefficient (Wildman–Crippen LogP) is 2.24. The number of rotatable bonds is 16. The number of hydrogen-bond acceptors (Lipinski definition) is 8. The first kappa shape index (κ1) is 35.3. The van der Waals surface area contributed by atoms with E-state index in [0.29, 0.717) is 58.7 Å². The van der Waals surface area contributed by atoms with Crippen molar-refractivity contribution in [1.82, 2.24) is 29.7 Å². The Hall–Kier alpha value is -3.52. The number of piperidine rings is 1. The number of fused-ring (bicyclic) bond motifs is 3. The zero-order valence-electron chi connectivity index (χ0n) is 27.7. The molecule has 2 aromatic rings. The number of carbonyl (C=O) groups excluding carboxylic acids is 3. The lowest BCUT2D eigenvalue weighted by Gasteiger charge is -2.39. The molecule has 1 aromatic heterocycles. The summed E-state index contributed by atoms with van der Waals surface area (Å²) in [6, 6.07) is 8.63. The summed E-state index contributed by atoms with van der Waals surface area (Å²) in [6.45, 7) is 6.10. The number of aromatic nitrogens is 1. The van der Waals surface area contributed by atoms with E-state index >= 15 is 0 Å². The summed E-state index contributed by atoms with van der Waals surface area (Å²) in [7, 11) is 5.75. The first-order chi connectivity index (χ1) is 22.1. The lowest BCUT2D eigenvalue weighted by atomic mass is 10.0. The molecule has 1 aromatic carbocycles. The Morgan fingerprint density at radius 3 is 2.35 bits per heavy atom. The largest absolute Gasteiger partial charge is 0.481 e. The van der Waals surface area contributed by atoms with E-state index in [0.717, 1.165) is 12.1 Å². The SMILES string of the molecule is CNC(=O)CCC(=O)N(CCOCCOCCC(=O)O)C1CCN(C(=O)CCn2c3c(c4ccccc42)C(C)N(C)N(C)C3)CC1. The molecule has 2 N–H and O–H groups in total. The van der Waals surface area contributed by atoms with Crippen molar-refractivity contribution in [2.24, 2.45) is 0 Å². The van der Waals surface area contributed by atoms with E-state index in [2.05, 4.69) is 65.2 Å². The van der Waals surface area contributed by atoms with Crippen LogP contribution in [0.5, 0.6) is 0 Å². The highest BCUT2D eigenvalue weighted by Gasteiger charge is 2.32. The molecular weight excluding hydrogens is 592 g/mol. The number of hydrazine groups is 1. The van der Waals surface area contributed by atoms with Crippen molar-refractivity contribution >= 4 is 34.6 Å². The van der Waals surface area contributed by atoms with Crippen molar-refractivity contribution in [3.05, 3.63) is 35.5 Å². The summed E-state index contributed by atoms with van der Waals surface area (Å²) in [5.74, 6) is -1.09. The molecule has 0 bridgehead atoms. The average molecular weight is 643 g/mol. The topological polar surface area (TPSA) is 137 Å². The highest BCUT2D eigenvalue weighted by atomic mass is 16.5. The highest BCUT2D eigenvalue weighted by Crippen LogP contribution is 2.38. The number of carbonyl (C=O) groups is 4. The Morgan fingerprint density at radius 2 is 1.65 bits per heavy atom. The number of para-hydroxylation sites is 1. The number of amides is 3. The minimum atomic E-state index is -0.913. The normalized spacial score (nSPS) is 17.7. The number of ether oxygens (including phenoxy) is 2. The maximum atomic E-state index is 13.5. The van der Waals surface area contributed by atoms with E-state index in [4.69, 9.17) is 14.6 Å². The number of nitrogens with zero attached hydrogens (tertiary/aromatic N) is 5.